The van der Waals surface area contributed by atoms with Crippen LogP contribution in [0.3, 0.4) is 0 Å². The third kappa shape index (κ3) is 9.27. The van der Waals surface area contributed by atoms with Crippen molar-refractivity contribution in [1.82, 2.24) is 25.2 Å². The summed E-state index contributed by atoms with van der Waals surface area (Å²) < 4.78 is 18.3. The number of rotatable bonds is 12. The molecule has 0 radical (unpaired) electrons. The Morgan fingerprint density at radius 3 is 2.50 bits per heavy atom. The minimum absolute atomic E-state index is 0.205. The van der Waals surface area contributed by atoms with Crippen LogP contribution < -0.4 is 26.0 Å². The van der Waals surface area contributed by atoms with Crippen LogP contribution in [0.1, 0.15) is 29.8 Å². The van der Waals surface area contributed by atoms with E-state index in [-0.39, 0.29) is 23.5 Å². The third-order valence-electron chi connectivity index (χ3n) is 7.08. The normalized spacial score (nSPS) is 14.0. The molecule has 5 rings (SSSR count). The minimum Gasteiger partial charge on any atom is -0.612 e. The summed E-state index contributed by atoms with van der Waals surface area (Å²) in [6.07, 6.45) is 11.7. The monoisotopic (exact) mass is 640 g/mol. The molecule has 1 atom stereocenters. The van der Waals surface area contributed by atoms with E-state index in [0.717, 1.165) is 19.6 Å². The van der Waals surface area contributed by atoms with Gasteiger partial charge >= 0.3 is 0 Å². The molecule has 1 aliphatic rings. The first-order valence-corrected chi connectivity index (χ1v) is 16.4. The lowest BCUT2D eigenvalue weighted by Gasteiger charge is -2.24. The van der Waals surface area contributed by atoms with Gasteiger partial charge in [-0.3, -0.25) is 19.5 Å². The molecule has 0 spiro atoms. The number of carbonyl (C=O) groups excluding carboxylic acids is 2. The molecule has 4 aromatic rings. The minimum atomic E-state index is -1.36. The number of nitrogens with one attached hydrogen (secondary N) is 4. The Morgan fingerprint density at radius 1 is 0.957 bits per heavy atom. The number of piperidine rings is 1. The third-order valence-corrected chi connectivity index (χ3v) is 7.99. The van der Waals surface area contributed by atoms with E-state index in [9.17, 15) is 14.1 Å². The lowest BCUT2D eigenvalue weighted by atomic mass is 10.1. The molecule has 1 unspecified atom stereocenters. The second kappa shape index (κ2) is 15.8. The summed E-state index contributed by atoms with van der Waals surface area (Å²) >= 11 is -1.36. The number of pyridine rings is 1. The van der Waals surface area contributed by atoms with Gasteiger partial charge in [0, 0.05) is 49.0 Å². The van der Waals surface area contributed by atoms with Crippen molar-refractivity contribution < 1.29 is 18.9 Å². The Hall–Kier alpha value is -4.98. The van der Waals surface area contributed by atoms with Gasteiger partial charge in [0.1, 0.15) is 23.4 Å². The van der Waals surface area contributed by atoms with Crippen LogP contribution in [0.25, 0.3) is 0 Å². The summed E-state index contributed by atoms with van der Waals surface area (Å²) in [7, 11) is 1.54. The summed E-state index contributed by atoms with van der Waals surface area (Å²) in [5, 5.41) is 11.8. The highest BCUT2D eigenvalue weighted by molar-refractivity contribution is 7.90. The van der Waals surface area contributed by atoms with Crippen LogP contribution in [-0.4, -0.2) is 69.2 Å². The fraction of sp³-hybridized carbons (Fsp3) is 0.242. The van der Waals surface area contributed by atoms with Gasteiger partial charge < -0.3 is 30.6 Å². The molecule has 2 aromatic carbocycles. The Kier molecular flexibility index (Phi) is 11.2. The highest BCUT2D eigenvalue weighted by Gasteiger charge is 2.17. The molecule has 0 aliphatic carbocycles. The Morgan fingerprint density at radius 2 is 1.74 bits per heavy atom. The van der Waals surface area contributed by atoms with Gasteiger partial charge in [-0.15, -0.1) is 0 Å². The van der Waals surface area contributed by atoms with Gasteiger partial charge in [-0.1, -0.05) is 18.6 Å². The second-order valence-electron chi connectivity index (χ2n) is 10.5. The van der Waals surface area contributed by atoms with Crippen molar-refractivity contribution in [3.05, 3.63) is 90.9 Å². The van der Waals surface area contributed by atoms with Gasteiger partial charge in [-0.05, 0) is 85.6 Å². The number of ether oxygens (including phenoxy) is 1. The SMILES string of the molecule is CNC(=O)c1cc(Oc2ccc(Nc3ncc([S+](C)[O-])c(Nc4cccc(NC(=O)/C=C/CN5CCCCC5)c4)n3)cc2)ccn1. The molecule has 13 heteroatoms. The van der Waals surface area contributed by atoms with Crippen molar-refractivity contribution >= 4 is 51.8 Å². The molecular formula is C33H36N8O4S. The topological polar surface area (TPSA) is 156 Å². The standard InChI is InChI=1S/C33H36N8O4S/c1-34-32(43)28-21-27(15-16-35-28)45-26-13-11-23(12-14-26)39-33-36-22-29(46(2)44)31(40-33)38-25-9-6-8-24(20-25)37-30(42)10-7-19-41-17-4-3-5-18-41/h6-16,20-22H,3-5,17-19H2,1-2H3,(H,34,43)(H,37,42)(H2,36,38,39,40)/b10-7+. The summed E-state index contributed by atoms with van der Waals surface area (Å²) in [4.78, 5) is 40.1. The molecule has 46 heavy (non-hydrogen) atoms. The van der Waals surface area contributed by atoms with Crippen LogP contribution in [0, 0.1) is 0 Å². The van der Waals surface area contributed by atoms with E-state index in [0.29, 0.717) is 39.3 Å². The van der Waals surface area contributed by atoms with Crippen LogP contribution in [-0.2, 0) is 16.0 Å². The first-order chi connectivity index (χ1) is 22.4. The average Bonchev–Trinajstić information content (AvgIpc) is 3.06. The zero-order valence-corrected chi connectivity index (χ0v) is 26.5. The second-order valence-corrected chi connectivity index (χ2v) is 11.9. The molecule has 1 fully saturated rings. The van der Waals surface area contributed by atoms with Gasteiger partial charge in [-0.2, -0.15) is 4.98 Å². The maximum atomic E-state index is 12.5. The van der Waals surface area contributed by atoms with E-state index in [1.807, 2.05) is 18.2 Å². The number of aromatic nitrogens is 3. The number of hydrogen-bond acceptors (Lipinski definition) is 10. The highest BCUT2D eigenvalue weighted by Crippen LogP contribution is 2.28. The quantitative estimate of drug-likeness (QED) is 0.119. The molecule has 2 amide bonds. The van der Waals surface area contributed by atoms with Gasteiger partial charge in [0.2, 0.25) is 16.8 Å². The number of anilines is 5. The van der Waals surface area contributed by atoms with E-state index in [1.165, 1.54) is 38.7 Å². The van der Waals surface area contributed by atoms with Crippen molar-refractivity contribution in [1.29, 1.82) is 0 Å². The fourth-order valence-electron chi connectivity index (χ4n) is 4.78. The fourth-order valence-corrected chi connectivity index (χ4v) is 5.35. The molecular weight excluding hydrogens is 604 g/mol. The van der Waals surface area contributed by atoms with Crippen molar-refractivity contribution in [3.63, 3.8) is 0 Å². The lowest BCUT2D eigenvalue weighted by Crippen LogP contribution is -2.29. The van der Waals surface area contributed by atoms with E-state index in [2.05, 4.69) is 41.1 Å². The van der Waals surface area contributed by atoms with Gasteiger partial charge in [0.15, 0.2) is 5.82 Å². The van der Waals surface area contributed by atoms with Crippen LogP contribution in [0.5, 0.6) is 11.5 Å². The smallest absolute Gasteiger partial charge is 0.269 e. The molecule has 4 N–H and O–H groups in total. The summed E-state index contributed by atoms with van der Waals surface area (Å²) in [6.45, 7) is 2.91. The van der Waals surface area contributed by atoms with Crippen LogP contribution in [0.15, 0.2) is 90.1 Å². The molecule has 1 saturated heterocycles. The van der Waals surface area contributed by atoms with Gasteiger partial charge in [-0.25, -0.2) is 4.98 Å². The Labute approximate surface area is 270 Å². The van der Waals surface area contributed by atoms with Crippen LogP contribution >= 0.6 is 0 Å². The van der Waals surface area contributed by atoms with E-state index < -0.39 is 11.2 Å². The molecule has 12 nitrogen and oxygen atoms in total. The zero-order valence-electron chi connectivity index (χ0n) is 25.7. The van der Waals surface area contributed by atoms with E-state index >= 15 is 0 Å². The Balaban J connectivity index is 1.22. The van der Waals surface area contributed by atoms with E-state index in [4.69, 9.17) is 4.74 Å². The number of nitrogens with zero attached hydrogens (tertiary/aromatic N) is 4. The maximum Gasteiger partial charge on any atom is 0.269 e. The van der Waals surface area contributed by atoms with E-state index in [1.54, 1.807) is 60.9 Å². The number of amides is 2. The maximum absolute atomic E-state index is 12.5. The molecule has 0 saturated carbocycles. The highest BCUT2D eigenvalue weighted by atomic mass is 32.2. The lowest BCUT2D eigenvalue weighted by molar-refractivity contribution is -0.111. The van der Waals surface area contributed by atoms with Crippen molar-refractivity contribution in [2.24, 2.45) is 0 Å². The zero-order chi connectivity index (χ0) is 32.3. The van der Waals surface area contributed by atoms with Crippen LogP contribution in [0.2, 0.25) is 0 Å². The average molecular weight is 641 g/mol. The molecule has 1 aliphatic heterocycles. The molecule has 0 bridgehead atoms. The predicted molar refractivity (Wildman–Crippen MR) is 180 cm³/mol. The number of carbonyl (C=O) groups is 2. The first-order valence-electron chi connectivity index (χ1n) is 14.9. The number of benzene rings is 2. The number of hydrogen-bond donors (Lipinski definition) is 4. The molecule has 2 aromatic heterocycles. The summed E-state index contributed by atoms with van der Waals surface area (Å²) in [6, 6.07) is 17.6. The molecule has 238 valence electrons. The largest absolute Gasteiger partial charge is 0.612 e. The van der Waals surface area contributed by atoms with Crippen LogP contribution in [0.4, 0.5) is 28.8 Å². The number of likely N-dealkylation sites (tertiary alicyclic amines) is 1. The molecule has 3 heterocycles. The van der Waals surface area contributed by atoms with Crippen molar-refractivity contribution in [2.45, 2.75) is 24.2 Å². The predicted octanol–water partition coefficient (Wildman–Crippen LogP) is 5.23. The van der Waals surface area contributed by atoms with Gasteiger partial charge in [0.05, 0.1) is 6.20 Å². The van der Waals surface area contributed by atoms with Crippen molar-refractivity contribution in [3.8, 4) is 11.5 Å². The Bertz CT molecular complexity index is 1680. The summed E-state index contributed by atoms with van der Waals surface area (Å²) in [5.41, 5.74) is 2.22. The summed E-state index contributed by atoms with van der Waals surface area (Å²) in [5.74, 6) is 1.19. The van der Waals surface area contributed by atoms with Gasteiger partial charge in [0.25, 0.3) is 5.91 Å². The van der Waals surface area contributed by atoms with Crippen molar-refractivity contribution in [2.75, 3.05) is 48.9 Å². The first kappa shape index (κ1) is 32.4.